The lowest BCUT2D eigenvalue weighted by Gasteiger charge is -2.34. The normalized spacial score (nSPS) is 26.8. The van der Waals surface area contributed by atoms with Gasteiger partial charge in [0.05, 0.1) is 12.7 Å². The third kappa shape index (κ3) is 3.01. The fourth-order valence-electron chi connectivity index (χ4n) is 2.42. The molecule has 0 aromatic rings. The van der Waals surface area contributed by atoms with E-state index in [0.29, 0.717) is 43.9 Å². The van der Waals surface area contributed by atoms with Crippen molar-refractivity contribution in [2.24, 2.45) is 5.73 Å². The largest absolute Gasteiger partial charge is 0.496 e. The van der Waals surface area contributed by atoms with Gasteiger partial charge in [0.2, 0.25) is 6.41 Å². The van der Waals surface area contributed by atoms with Crippen LogP contribution in [0, 0.1) is 0 Å². The molecule has 1 atom stereocenters. The van der Waals surface area contributed by atoms with Crippen molar-refractivity contribution in [1.29, 1.82) is 0 Å². The van der Waals surface area contributed by atoms with Crippen LogP contribution < -0.4 is 5.73 Å². The summed E-state index contributed by atoms with van der Waals surface area (Å²) in [5.74, 6) is 0.475. The Labute approximate surface area is 118 Å². The van der Waals surface area contributed by atoms with Gasteiger partial charge in [0.15, 0.2) is 0 Å². The molecule has 0 radical (unpaired) electrons. The molecule has 1 saturated heterocycles. The van der Waals surface area contributed by atoms with Gasteiger partial charge >= 0.3 is 0 Å². The summed E-state index contributed by atoms with van der Waals surface area (Å²) in [5, 5.41) is 0. The van der Waals surface area contributed by atoms with Crippen molar-refractivity contribution in [2.45, 2.75) is 18.9 Å². The molecule has 0 aromatic heterocycles. The van der Waals surface area contributed by atoms with Crippen LogP contribution in [0.25, 0.3) is 0 Å². The SMILES string of the molecule is COC1=CC(C)(N)CC=C1C(=O)N1CCN(C=O)CC1. The average molecular weight is 279 g/mol. The fraction of sp³-hybridized carbons (Fsp3) is 0.571. The maximum atomic E-state index is 12.5. The summed E-state index contributed by atoms with van der Waals surface area (Å²) in [4.78, 5) is 26.6. The molecule has 1 aliphatic heterocycles. The van der Waals surface area contributed by atoms with Gasteiger partial charge in [-0.15, -0.1) is 0 Å². The van der Waals surface area contributed by atoms with Crippen LogP contribution in [0.1, 0.15) is 13.3 Å². The third-order valence-electron chi connectivity index (χ3n) is 3.67. The predicted octanol–water partition coefficient (Wildman–Crippen LogP) is -0.135. The molecule has 6 nitrogen and oxygen atoms in total. The molecule has 2 N–H and O–H groups in total. The Morgan fingerprint density at radius 1 is 1.40 bits per heavy atom. The number of methoxy groups -OCH3 is 1. The molecule has 20 heavy (non-hydrogen) atoms. The Morgan fingerprint density at radius 3 is 2.60 bits per heavy atom. The first-order chi connectivity index (χ1) is 9.46. The summed E-state index contributed by atoms with van der Waals surface area (Å²) >= 11 is 0. The van der Waals surface area contributed by atoms with E-state index in [-0.39, 0.29) is 5.91 Å². The van der Waals surface area contributed by atoms with Crippen LogP contribution in [-0.4, -0.2) is 60.9 Å². The third-order valence-corrected chi connectivity index (χ3v) is 3.67. The molecule has 0 aromatic carbocycles. The van der Waals surface area contributed by atoms with Crippen LogP contribution in [0.15, 0.2) is 23.5 Å². The van der Waals surface area contributed by atoms with Crippen LogP contribution >= 0.6 is 0 Å². The number of nitrogens with zero attached hydrogens (tertiary/aromatic N) is 2. The minimum atomic E-state index is -0.481. The molecule has 0 bridgehead atoms. The molecule has 1 fully saturated rings. The number of piperazine rings is 1. The summed E-state index contributed by atoms with van der Waals surface area (Å²) in [6.07, 6.45) is 5.06. The zero-order valence-electron chi connectivity index (χ0n) is 12.0. The van der Waals surface area contributed by atoms with Crippen LogP contribution in [0.2, 0.25) is 0 Å². The van der Waals surface area contributed by atoms with E-state index in [9.17, 15) is 9.59 Å². The van der Waals surface area contributed by atoms with E-state index in [1.165, 1.54) is 0 Å². The van der Waals surface area contributed by atoms with Gasteiger partial charge in [-0.05, 0) is 19.4 Å². The van der Waals surface area contributed by atoms with Gasteiger partial charge in [-0.2, -0.15) is 0 Å². The smallest absolute Gasteiger partial charge is 0.257 e. The fourth-order valence-corrected chi connectivity index (χ4v) is 2.42. The first kappa shape index (κ1) is 14.6. The van der Waals surface area contributed by atoms with E-state index >= 15 is 0 Å². The molecular formula is C14H21N3O3. The second kappa shape index (κ2) is 5.66. The first-order valence-corrected chi connectivity index (χ1v) is 6.72. The molecule has 2 amide bonds. The minimum Gasteiger partial charge on any atom is -0.496 e. The highest BCUT2D eigenvalue weighted by Crippen LogP contribution is 2.26. The summed E-state index contributed by atoms with van der Waals surface area (Å²) in [5.41, 5.74) is 6.13. The quantitative estimate of drug-likeness (QED) is 0.730. The average Bonchev–Trinajstić information content (AvgIpc) is 2.45. The molecular weight excluding hydrogens is 258 g/mol. The summed E-state index contributed by atoms with van der Waals surface area (Å²) in [6.45, 7) is 4.14. The Hall–Kier alpha value is -1.82. The summed E-state index contributed by atoms with van der Waals surface area (Å²) in [6, 6.07) is 0. The number of carbonyl (C=O) groups is 2. The van der Waals surface area contributed by atoms with Gasteiger partial charge in [0, 0.05) is 31.7 Å². The molecule has 6 heteroatoms. The van der Waals surface area contributed by atoms with Gasteiger partial charge in [-0.1, -0.05) is 6.08 Å². The molecule has 2 aliphatic rings. The van der Waals surface area contributed by atoms with E-state index in [1.807, 2.05) is 13.0 Å². The van der Waals surface area contributed by atoms with Crippen molar-refractivity contribution in [1.82, 2.24) is 9.80 Å². The van der Waals surface area contributed by atoms with Crippen molar-refractivity contribution >= 4 is 12.3 Å². The van der Waals surface area contributed by atoms with Crippen LogP contribution in [0.5, 0.6) is 0 Å². The van der Waals surface area contributed by atoms with Gasteiger partial charge in [0.25, 0.3) is 5.91 Å². The van der Waals surface area contributed by atoms with E-state index in [0.717, 1.165) is 6.41 Å². The maximum absolute atomic E-state index is 12.5. The maximum Gasteiger partial charge on any atom is 0.257 e. The van der Waals surface area contributed by atoms with Crippen LogP contribution in [-0.2, 0) is 14.3 Å². The molecule has 2 rings (SSSR count). The zero-order chi connectivity index (χ0) is 14.8. The van der Waals surface area contributed by atoms with Gasteiger partial charge in [0.1, 0.15) is 5.76 Å². The van der Waals surface area contributed by atoms with Crippen LogP contribution in [0.4, 0.5) is 0 Å². The van der Waals surface area contributed by atoms with Crippen molar-refractivity contribution < 1.29 is 14.3 Å². The summed E-state index contributed by atoms with van der Waals surface area (Å²) < 4.78 is 5.29. The minimum absolute atomic E-state index is 0.0563. The van der Waals surface area contributed by atoms with Gasteiger partial charge < -0.3 is 20.3 Å². The summed E-state index contributed by atoms with van der Waals surface area (Å²) in [7, 11) is 1.54. The standard InChI is InChI=1S/C14H21N3O3/c1-14(15)4-3-11(12(9-14)20-2)13(19)17-7-5-16(10-18)6-8-17/h3,9-10H,4-8,15H2,1-2H3. The molecule has 1 heterocycles. The van der Waals surface area contributed by atoms with E-state index < -0.39 is 5.54 Å². The monoisotopic (exact) mass is 279 g/mol. The highest BCUT2D eigenvalue weighted by Gasteiger charge is 2.30. The lowest BCUT2D eigenvalue weighted by Crippen LogP contribution is -2.49. The second-order valence-corrected chi connectivity index (χ2v) is 5.47. The zero-order valence-corrected chi connectivity index (χ0v) is 12.0. The van der Waals surface area contributed by atoms with Crippen LogP contribution in [0.3, 0.4) is 0 Å². The number of hydrogen-bond acceptors (Lipinski definition) is 4. The Bertz CT molecular complexity index is 460. The van der Waals surface area contributed by atoms with Gasteiger partial charge in [-0.3, -0.25) is 9.59 Å². The lowest BCUT2D eigenvalue weighted by molar-refractivity contribution is -0.131. The van der Waals surface area contributed by atoms with E-state index in [2.05, 4.69) is 0 Å². The molecule has 1 aliphatic carbocycles. The van der Waals surface area contributed by atoms with Crippen molar-refractivity contribution in [3.8, 4) is 0 Å². The van der Waals surface area contributed by atoms with Gasteiger partial charge in [-0.25, -0.2) is 0 Å². The Balaban J connectivity index is 2.08. The number of amides is 2. The second-order valence-electron chi connectivity index (χ2n) is 5.47. The van der Waals surface area contributed by atoms with Crippen molar-refractivity contribution in [3.63, 3.8) is 0 Å². The number of rotatable bonds is 3. The number of ether oxygens (including phenoxy) is 1. The lowest BCUT2D eigenvalue weighted by atomic mass is 9.90. The van der Waals surface area contributed by atoms with E-state index in [4.69, 9.17) is 10.5 Å². The van der Waals surface area contributed by atoms with Crippen molar-refractivity contribution in [3.05, 3.63) is 23.5 Å². The molecule has 0 saturated carbocycles. The highest BCUT2D eigenvalue weighted by atomic mass is 16.5. The molecule has 110 valence electrons. The topological polar surface area (TPSA) is 75.9 Å². The number of carbonyl (C=O) groups excluding carboxylic acids is 2. The van der Waals surface area contributed by atoms with E-state index in [1.54, 1.807) is 23.0 Å². The van der Waals surface area contributed by atoms with Crippen molar-refractivity contribution in [2.75, 3.05) is 33.3 Å². The Morgan fingerprint density at radius 2 is 2.05 bits per heavy atom. The molecule has 0 spiro atoms. The molecule has 1 unspecified atom stereocenters. The highest BCUT2D eigenvalue weighted by molar-refractivity contribution is 5.97. The number of hydrogen-bond donors (Lipinski definition) is 1. The number of nitrogens with two attached hydrogens (primary N) is 1. The Kier molecular flexibility index (Phi) is 4.13. The predicted molar refractivity (Wildman–Crippen MR) is 74.6 cm³/mol. The first-order valence-electron chi connectivity index (χ1n) is 6.72.